The van der Waals surface area contributed by atoms with Crippen LogP contribution in [0.5, 0.6) is 5.75 Å². The molecule has 1 N–H and O–H groups in total. The molecule has 5 nitrogen and oxygen atoms in total. The van der Waals surface area contributed by atoms with E-state index >= 15 is 0 Å². The Hall–Kier alpha value is -2.96. The number of ketones is 1. The Morgan fingerprint density at radius 2 is 1.80 bits per heavy atom. The molecule has 0 saturated carbocycles. The highest BCUT2D eigenvalue weighted by molar-refractivity contribution is 7.14. The second-order valence-electron chi connectivity index (χ2n) is 7.46. The minimum absolute atomic E-state index is 0.239. The number of carbonyl (C=O) groups excluding carboxylic acids is 2. The van der Waals surface area contributed by atoms with Gasteiger partial charge in [0, 0.05) is 10.4 Å². The number of anilines is 1. The molecule has 1 amide bonds. The van der Waals surface area contributed by atoms with Gasteiger partial charge in [0.25, 0.3) is 5.91 Å². The van der Waals surface area contributed by atoms with Gasteiger partial charge in [-0.1, -0.05) is 36.4 Å². The lowest BCUT2D eigenvalue weighted by atomic mass is 9.89. The maximum atomic E-state index is 13.2. The number of carbonyl (C=O) groups is 2. The Bertz CT molecular complexity index is 1110. The molecule has 0 spiro atoms. The predicted octanol–water partition coefficient (Wildman–Crippen LogP) is 4.25. The molecule has 1 aliphatic rings. The zero-order chi connectivity index (χ0) is 21.3. The molecule has 2 heterocycles. The van der Waals surface area contributed by atoms with Crippen LogP contribution in [0.15, 0.2) is 60.7 Å². The van der Waals surface area contributed by atoms with Gasteiger partial charge in [-0.25, -0.2) is 0 Å². The number of aryl methyl sites for hydroxylation is 2. The summed E-state index contributed by atoms with van der Waals surface area (Å²) in [6.07, 6.45) is -0.280. The summed E-state index contributed by atoms with van der Waals surface area (Å²) in [6.45, 7) is 4.43. The van der Waals surface area contributed by atoms with Crippen LogP contribution in [0, 0.1) is 13.8 Å². The number of thiophene rings is 1. The number of hydrogen-bond acceptors (Lipinski definition) is 5. The average Bonchev–Trinajstić information content (AvgIpc) is 3.26. The lowest BCUT2D eigenvalue weighted by Crippen LogP contribution is -2.43. The maximum Gasteiger partial charge on any atom is 0.264 e. The number of ether oxygens (including phenoxy) is 1. The van der Waals surface area contributed by atoms with Gasteiger partial charge in [-0.05, 0) is 43.7 Å². The number of fused-ring (bicyclic) bond motifs is 1. The fraction of sp³-hybridized carbons (Fsp3) is 0.250. The average molecular weight is 422 g/mol. The van der Waals surface area contributed by atoms with Gasteiger partial charge in [0.05, 0.1) is 23.5 Å². The molecule has 3 aromatic rings. The second kappa shape index (κ2) is 8.05. The number of hydrogen-bond donors (Lipinski definition) is 1. The molecule has 4 rings (SSSR count). The molecule has 154 valence electrons. The van der Waals surface area contributed by atoms with Crippen molar-refractivity contribution in [2.75, 3.05) is 18.1 Å². The van der Waals surface area contributed by atoms with Crippen LogP contribution in [0.1, 0.15) is 32.1 Å². The van der Waals surface area contributed by atoms with E-state index in [4.69, 9.17) is 4.74 Å². The van der Waals surface area contributed by atoms with E-state index < -0.39 is 11.5 Å². The van der Waals surface area contributed by atoms with E-state index in [1.165, 1.54) is 16.2 Å². The minimum Gasteiger partial charge on any atom is -0.491 e. The standard InChI is InChI=1S/C24H23NO4S/c1-16-7-3-6-10-21(16)29-14-13-25-19-9-5-4-8-18(19)24(28,23(25)27)15-20(26)22-12-11-17(2)30-22/h3-12,28H,13-15H2,1-2H3. The van der Waals surface area contributed by atoms with Gasteiger partial charge in [-0.3, -0.25) is 9.59 Å². The van der Waals surface area contributed by atoms with E-state index in [2.05, 4.69) is 0 Å². The minimum atomic E-state index is -1.87. The highest BCUT2D eigenvalue weighted by Gasteiger charge is 2.50. The van der Waals surface area contributed by atoms with Crippen molar-refractivity contribution in [2.45, 2.75) is 25.9 Å². The molecule has 30 heavy (non-hydrogen) atoms. The molecule has 0 saturated heterocycles. The maximum absolute atomic E-state index is 13.2. The number of para-hydroxylation sites is 2. The fourth-order valence-electron chi connectivity index (χ4n) is 3.77. The third-order valence-corrected chi connectivity index (χ3v) is 6.38. The Kier molecular flexibility index (Phi) is 5.45. The molecule has 1 atom stereocenters. The zero-order valence-electron chi connectivity index (χ0n) is 16.9. The van der Waals surface area contributed by atoms with Crippen LogP contribution in [0.25, 0.3) is 0 Å². The van der Waals surface area contributed by atoms with Crippen LogP contribution < -0.4 is 9.64 Å². The van der Waals surface area contributed by atoms with Crippen molar-refractivity contribution in [1.29, 1.82) is 0 Å². The van der Waals surface area contributed by atoms with Gasteiger partial charge in [0.2, 0.25) is 0 Å². The van der Waals surface area contributed by atoms with E-state index in [-0.39, 0.29) is 25.4 Å². The topological polar surface area (TPSA) is 66.8 Å². The van der Waals surface area contributed by atoms with Crippen molar-refractivity contribution in [3.63, 3.8) is 0 Å². The molecule has 1 unspecified atom stereocenters. The summed E-state index contributed by atoms with van der Waals surface area (Å²) in [7, 11) is 0. The molecule has 1 aliphatic heterocycles. The van der Waals surface area contributed by atoms with Crippen LogP contribution >= 0.6 is 11.3 Å². The highest BCUT2D eigenvalue weighted by atomic mass is 32.1. The Morgan fingerprint density at radius 3 is 2.53 bits per heavy atom. The molecule has 1 aromatic heterocycles. The highest BCUT2D eigenvalue weighted by Crippen LogP contribution is 2.43. The third kappa shape index (κ3) is 3.64. The molecule has 0 radical (unpaired) electrons. The van der Waals surface area contributed by atoms with E-state index in [0.717, 1.165) is 16.2 Å². The Balaban J connectivity index is 1.54. The molecule has 2 aromatic carbocycles. The summed E-state index contributed by atoms with van der Waals surface area (Å²) >= 11 is 1.37. The Labute approximate surface area is 179 Å². The fourth-order valence-corrected chi connectivity index (χ4v) is 4.57. The van der Waals surface area contributed by atoms with Gasteiger partial charge < -0.3 is 14.7 Å². The first kappa shape index (κ1) is 20.3. The van der Waals surface area contributed by atoms with Crippen molar-refractivity contribution < 1.29 is 19.4 Å². The van der Waals surface area contributed by atoms with E-state index in [1.807, 2.05) is 50.2 Å². The van der Waals surface area contributed by atoms with Gasteiger partial charge in [0.1, 0.15) is 12.4 Å². The summed E-state index contributed by atoms with van der Waals surface area (Å²) in [4.78, 5) is 29.1. The van der Waals surface area contributed by atoms with E-state index in [1.54, 1.807) is 24.3 Å². The molecule has 6 heteroatoms. The summed E-state index contributed by atoms with van der Waals surface area (Å²) in [5.41, 5.74) is 0.230. The van der Waals surface area contributed by atoms with Crippen LogP contribution in [0.3, 0.4) is 0 Å². The summed E-state index contributed by atoms with van der Waals surface area (Å²) in [5, 5.41) is 11.3. The molecular formula is C24H23NO4S. The molecule has 0 bridgehead atoms. The first-order chi connectivity index (χ1) is 14.4. The number of amides is 1. The summed E-state index contributed by atoms with van der Waals surface area (Å²) in [5.74, 6) is 0.0337. The van der Waals surface area contributed by atoms with E-state index in [0.29, 0.717) is 16.1 Å². The SMILES string of the molecule is Cc1ccc(C(=O)CC2(O)C(=O)N(CCOc3ccccc3C)c3ccccc32)s1. The number of rotatable bonds is 7. The lowest BCUT2D eigenvalue weighted by molar-refractivity contribution is -0.135. The van der Waals surface area contributed by atoms with E-state index in [9.17, 15) is 14.7 Å². The normalized spacial score (nSPS) is 17.8. The van der Waals surface area contributed by atoms with Crippen molar-refractivity contribution in [2.24, 2.45) is 0 Å². The van der Waals surface area contributed by atoms with Gasteiger partial charge in [-0.2, -0.15) is 0 Å². The summed E-state index contributed by atoms with van der Waals surface area (Å²) < 4.78 is 5.84. The van der Waals surface area contributed by atoms with Crippen LogP contribution in [-0.2, 0) is 10.4 Å². The van der Waals surface area contributed by atoms with Crippen LogP contribution in [0.4, 0.5) is 5.69 Å². The monoisotopic (exact) mass is 421 g/mol. The number of aliphatic hydroxyl groups is 1. The Morgan fingerprint density at radius 1 is 1.07 bits per heavy atom. The number of Topliss-reactive ketones (excluding diaryl/α,β-unsaturated/α-hetero) is 1. The second-order valence-corrected chi connectivity index (χ2v) is 8.75. The van der Waals surface area contributed by atoms with Crippen LogP contribution in [-0.4, -0.2) is 29.9 Å². The zero-order valence-corrected chi connectivity index (χ0v) is 17.7. The van der Waals surface area contributed by atoms with Gasteiger partial charge in [0.15, 0.2) is 11.4 Å². The lowest BCUT2D eigenvalue weighted by Gasteiger charge is -2.22. The first-order valence-electron chi connectivity index (χ1n) is 9.82. The van der Waals surface area contributed by atoms with Crippen molar-refractivity contribution >= 4 is 28.7 Å². The number of nitrogens with zero attached hydrogens (tertiary/aromatic N) is 1. The number of benzene rings is 2. The van der Waals surface area contributed by atoms with Crippen molar-refractivity contribution in [3.05, 3.63) is 81.5 Å². The van der Waals surface area contributed by atoms with Crippen LogP contribution in [0.2, 0.25) is 0 Å². The largest absolute Gasteiger partial charge is 0.491 e. The first-order valence-corrected chi connectivity index (χ1v) is 10.6. The quantitative estimate of drug-likeness (QED) is 0.579. The molecule has 0 aliphatic carbocycles. The smallest absolute Gasteiger partial charge is 0.264 e. The molecular weight excluding hydrogens is 398 g/mol. The van der Waals surface area contributed by atoms with Gasteiger partial charge >= 0.3 is 0 Å². The summed E-state index contributed by atoms with van der Waals surface area (Å²) in [6, 6.07) is 18.4. The molecule has 0 fully saturated rings. The van der Waals surface area contributed by atoms with Gasteiger partial charge in [-0.15, -0.1) is 11.3 Å². The van der Waals surface area contributed by atoms with Crippen molar-refractivity contribution in [3.8, 4) is 5.75 Å². The van der Waals surface area contributed by atoms with Crippen molar-refractivity contribution in [1.82, 2.24) is 0 Å². The third-order valence-electron chi connectivity index (χ3n) is 5.34. The predicted molar refractivity (Wildman–Crippen MR) is 117 cm³/mol.